The first kappa shape index (κ1) is 17.2. The van der Waals surface area contributed by atoms with Gasteiger partial charge in [-0.3, -0.25) is 4.79 Å². The van der Waals surface area contributed by atoms with E-state index in [1.165, 1.54) is 45.6 Å². The van der Waals surface area contributed by atoms with Gasteiger partial charge in [0.15, 0.2) is 6.29 Å². The van der Waals surface area contributed by atoms with Crippen LogP contribution < -0.4 is 4.74 Å². The highest BCUT2D eigenvalue weighted by Gasteiger charge is 2.09. The summed E-state index contributed by atoms with van der Waals surface area (Å²) in [5.41, 5.74) is 1.37. The Bertz CT molecular complexity index is 628. The van der Waals surface area contributed by atoms with Crippen LogP contribution in [0.2, 0.25) is 0 Å². The van der Waals surface area contributed by atoms with Gasteiger partial charge in [-0.1, -0.05) is 0 Å². The maximum absolute atomic E-state index is 11.2. The summed E-state index contributed by atoms with van der Waals surface area (Å²) in [5.74, 6) is -0.731. The van der Waals surface area contributed by atoms with Gasteiger partial charge in [-0.25, -0.2) is 9.59 Å². The Balaban J connectivity index is 3.30. The van der Waals surface area contributed by atoms with Crippen molar-refractivity contribution in [3.8, 4) is 5.75 Å². The number of hydrogen-bond donors (Lipinski definition) is 0. The number of aldehydes is 1. The molecular weight excluding hydrogens is 288 g/mol. The third kappa shape index (κ3) is 4.59. The van der Waals surface area contributed by atoms with E-state index < -0.39 is 11.9 Å². The first-order valence-corrected chi connectivity index (χ1v) is 6.25. The maximum Gasteiger partial charge on any atom is 0.330 e. The number of carbonyl (C=O) groups is 3. The third-order valence-electron chi connectivity index (χ3n) is 2.71. The standard InChI is InChI=1S/C16H16O6/c1-20-14(18)6-4-11-8-12(5-7-15(19)21-2)16(22-3)13(9-11)10-17/h4-10H,1-3H3/b6-4+,7-5+. The maximum atomic E-state index is 11.2. The molecule has 116 valence electrons. The van der Waals surface area contributed by atoms with Crippen LogP contribution in [0.1, 0.15) is 21.5 Å². The average molecular weight is 304 g/mol. The van der Waals surface area contributed by atoms with Gasteiger partial charge < -0.3 is 14.2 Å². The Hall–Kier alpha value is -2.89. The van der Waals surface area contributed by atoms with Crippen molar-refractivity contribution >= 4 is 30.4 Å². The number of ether oxygens (including phenoxy) is 3. The molecule has 1 aromatic carbocycles. The molecule has 0 aliphatic carbocycles. The summed E-state index contributed by atoms with van der Waals surface area (Å²) >= 11 is 0. The van der Waals surface area contributed by atoms with Crippen molar-refractivity contribution in [3.05, 3.63) is 41.0 Å². The molecule has 6 heteroatoms. The molecule has 0 radical (unpaired) electrons. The summed E-state index contributed by atoms with van der Waals surface area (Å²) in [6.45, 7) is 0. The lowest BCUT2D eigenvalue weighted by Gasteiger charge is -2.09. The van der Waals surface area contributed by atoms with E-state index in [2.05, 4.69) is 9.47 Å². The summed E-state index contributed by atoms with van der Waals surface area (Å²) in [4.78, 5) is 33.5. The third-order valence-corrected chi connectivity index (χ3v) is 2.71. The molecule has 0 saturated carbocycles. The average Bonchev–Trinajstić information content (AvgIpc) is 2.56. The van der Waals surface area contributed by atoms with E-state index in [-0.39, 0.29) is 0 Å². The zero-order valence-electron chi connectivity index (χ0n) is 12.5. The highest BCUT2D eigenvalue weighted by molar-refractivity contribution is 5.91. The van der Waals surface area contributed by atoms with Gasteiger partial charge in [0.25, 0.3) is 0 Å². The van der Waals surface area contributed by atoms with E-state index in [0.29, 0.717) is 28.7 Å². The van der Waals surface area contributed by atoms with E-state index in [1.807, 2.05) is 0 Å². The second kappa shape index (κ2) is 8.41. The lowest BCUT2D eigenvalue weighted by Crippen LogP contribution is -1.98. The number of esters is 2. The van der Waals surface area contributed by atoms with Crippen LogP contribution in [0.5, 0.6) is 5.75 Å². The quantitative estimate of drug-likeness (QED) is 0.453. The predicted molar refractivity (Wildman–Crippen MR) is 80.5 cm³/mol. The van der Waals surface area contributed by atoms with Gasteiger partial charge in [0.1, 0.15) is 5.75 Å². The lowest BCUT2D eigenvalue weighted by molar-refractivity contribution is -0.135. The fourth-order valence-electron chi connectivity index (χ4n) is 1.70. The van der Waals surface area contributed by atoms with Gasteiger partial charge in [0.2, 0.25) is 0 Å². The van der Waals surface area contributed by atoms with E-state index in [0.717, 1.165) is 0 Å². The second-order valence-corrected chi connectivity index (χ2v) is 4.06. The van der Waals surface area contributed by atoms with Crippen LogP contribution >= 0.6 is 0 Å². The zero-order chi connectivity index (χ0) is 16.5. The summed E-state index contributed by atoms with van der Waals surface area (Å²) < 4.78 is 14.2. The summed E-state index contributed by atoms with van der Waals surface area (Å²) in [6.07, 6.45) is 6.02. The summed E-state index contributed by atoms with van der Waals surface area (Å²) in [5, 5.41) is 0. The molecule has 6 nitrogen and oxygen atoms in total. The molecule has 0 unspecified atom stereocenters. The Morgan fingerprint density at radius 1 is 0.909 bits per heavy atom. The first-order valence-electron chi connectivity index (χ1n) is 6.25. The van der Waals surface area contributed by atoms with Crippen molar-refractivity contribution < 1.29 is 28.6 Å². The number of rotatable bonds is 6. The Morgan fingerprint density at radius 3 is 1.95 bits per heavy atom. The fraction of sp³-hybridized carbons (Fsp3) is 0.188. The molecule has 0 heterocycles. The molecule has 0 aliphatic heterocycles. The number of carbonyl (C=O) groups excluding carboxylic acids is 3. The molecule has 0 saturated heterocycles. The van der Waals surface area contributed by atoms with Crippen LogP contribution in [0, 0.1) is 0 Å². The van der Waals surface area contributed by atoms with Crippen molar-refractivity contribution in [2.75, 3.05) is 21.3 Å². The van der Waals surface area contributed by atoms with Crippen LogP contribution in [-0.4, -0.2) is 39.6 Å². The minimum Gasteiger partial charge on any atom is -0.495 e. The Kier molecular flexibility index (Phi) is 6.56. The van der Waals surface area contributed by atoms with Crippen LogP contribution in [0.25, 0.3) is 12.2 Å². The summed E-state index contributed by atoms with van der Waals surface area (Å²) in [6, 6.07) is 3.21. The molecule has 0 aromatic heterocycles. The monoisotopic (exact) mass is 304 g/mol. The van der Waals surface area contributed by atoms with Crippen LogP contribution in [-0.2, 0) is 19.1 Å². The second-order valence-electron chi connectivity index (χ2n) is 4.06. The van der Waals surface area contributed by atoms with E-state index in [1.54, 1.807) is 12.1 Å². The Labute approximate surface area is 128 Å². The van der Waals surface area contributed by atoms with Gasteiger partial charge in [-0.15, -0.1) is 0 Å². The molecule has 0 bridgehead atoms. The molecular formula is C16H16O6. The largest absolute Gasteiger partial charge is 0.495 e. The number of hydrogen-bond acceptors (Lipinski definition) is 6. The van der Waals surface area contributed by atoms with Crippen molar-refractivity contribution in [1.29, 1.82) is 0 Å². The van der Waals surface area contributed by atoms with Crippen molar-refractivity contribution in [2.45, 2.75) is 0 Å². The molecule has 0 N–H and O–H groups in total. The Morgan fingerprint density at radius 2 is 1.45 bits per heavy atom. The smallest absolute Gasteiger partial charge is 0.330 e. The minimum absolute atomic E-state index is 0.291. The molecule has 1 aromatic rings. The van der Waals surface area contributed by atoms with Crippen molar-refractivity contribution in [3.63, 3.8) is 0 Å². The van der Waals surface area contributed by atoms with Crippen molar-refractivity contribution in [2.24, 2.45) is 0 Å². The fourth-order valence-corrected chi connectivity index (χ4v) is 1.70. The SMILES string of the molecule is COC(=O)/C=C/c1cc(C=O)c(OC)c(/C=C/C(=O)OC)c1. The first-order chi connectivity index (χ1) is 10.5. The highest BCUT2D eigenvalue weighted by Crippen LogP contribution is 2.26. The normalized spacial score (nSPS) is 10.7. The van der Waals surface area contributed by atoms with E-state index >= 15 is 0 Å². The molecule has 0 amide bonds. The van der Waals surface area contributed by atoms with Crippen LogP contribution in [0.15, 0.2) is 24.3 Å². The lowest BCUT2D eigenvalue weighted by atomic mass is 10.0. The number of methoxy groups -OCH3 is 3. The molecule has 0 fully saturated rings. The van der Waals surface area contributed by atoms with Gasteiger partial charge in [0, 0.05) is 17.7 Å². The molecule has 0 spiro atoms. The van der Waals surface area contributed by atoms with Gasteiger partial charge in [0.05, 0.1) is 26.9 Å². The summed E-state index contributed by atoms with van der Waals surface area (Å²) in [7, 11) is 3.94. The van der Waals surface area contributed by atoms with Crippen molar-refractivity contribution in [1.82, 2.24) is 0 Å². The highest BCUT2D eigenvalue weighted by atomic mass is 16.5. The molecule has 22 heavy (non-hydrogen) atoms. The predicted octanol–water partition coefficient (Wildman–Crippen LogP) is 1.88. The molecule has 1 rings (SSSR count). The van der Waals surface area contributed by atoms with E-state index in [9.17, 15) is 14.4 Å². The molecule has 0 aliphatic rings. The van der Waals surface area contributed by atoms with Crippen LogP contribution in [0.3, 0.4) is 0 Å². The topological polar surface area (TPSA) is 78.9 Å². The van der Waals surface area contributed by atoms with Crippen LogP contribution in [0.4, 0.5) is 0 Å². The molecule has 0 atom stereocenters. The van der Waals surface area contributed by atoms with Gasteiger partial charge >= 0.3 is 11.9 Å². The minimum atomic E-state index is -0.537. The zero-order valence-corrected chi connectivity index (χ0v) is 12.5. The van der Waals surface area contributed by atoms with E-state index in [4.69, 9.17) is 4.74 Å². The van der Waals surface area contributed by atoms with Gasteiger partial charge in [-0.2, -0.15) is 0 Å². The number of benzene rings is 1. The van der Waals surface area contributed by atoms with Gasteiger partial charge in [-0.05, 0) is 29.8 Å².